The van der Waals surface area contributed by atoms with Crippen molar-refractivity contribution in [2.45, 2.75) is 51.7 Å². The van der Waals surface area contributed by atoms with Crippen LogP contribution in [0.15, 0.2) is 0 Å². The second-order valence-corrected chi connectivity index (χ2v) is 3.90. The predicted molar refractivity (Wildman–Crippen MR) is 54.1 cm³/mol. The van der Waals surface area contributed by atoms with Crippen molar-refractivity contribution in [2.24, 2.45) is 0 Å². The topological polar surface area (TPSA) is 21.3 Å². The van der Waals surface area contributed by atoms with Gasteiger partial charge in [-0.05, 0) is 20.3 Å². The van der Waals surface area contributed by atoms with E-state index in [4.69, 9.17) is 0 Å². The van der Waals surface area contributed by atoms with Crippen molar-refractivity contribution in [2.75, 3.05) is 13.2 Å². The molecule has 0 amide bonds. The lowest BCUT2D eigenvalue weighted by molar-refractivity contribution is -0.174. The summed E-state index contributed by atoms with van der Waals surface area (Å²) in [6.07, 6.45) is -3.29. The van der Waals surface area contributed by atoms with E-state index in [0.717, 1.165) is 6.42 Å². The monoisotopic (exact) mass is 245 g/mol. The van der Waals surface area contributed by atoms with Crippen molar-refractivity contribution >= 4 is 0 Å². The summed E-state index contributed by atoms with van der Waals surface area (Å²) in [4.78, 5) is 0. The van der Waals surface area contributed by atoms with Crippen molar-refractivity contribution in [1.29, 1.82) is 0 Å². The molecule has 0 aromatic carbocycles. The molecular weight excluding hydrogens is 226 g/mol. The van der Waals surface area contributed by atoms with Gasteiger partial charge in [0.2, 0.25) is 0 Å². The fourth-order valence-electron chi connectivity index (χ4n) is 0.887. The molecule has 0 bridgehead atoms. The van der Waals surface area contributed by atoms with Gasteiger partial charge in [0.05, 0.1) is 6.10 Å². The summed E-state index contributed by atoms with van der Waals surface area (Å²) in [6.45, 7) is 4.62. The summed E-state index contributed by atoms with van der Waals surface area (Å²) >= 11 is 0. The highest BCUT2D eigenvalue weighted by Gasteiger charge is 2.41. The van der Waals surface area contributed by atoms with Crippen LogP contribution in [0.1, 0.15) is 27.2 Å². The largest absolute Gasteiger partial charge is 0.371 e. The van der Waals surface area contributed by atoms with Crippen molar-refractivity contribution < 1.29 is 22.3 Å². The van der Waals surface area contributed by atoms with Gasteiger partial charge >= 0.3 is 12.3 Å². The van der Waals surface area contributed by atoms with Crippen molar-refractivity contribution in [3.8, 4) is 0 Å². The third-order valence-corrected chi connectivity index (χ3v) is 2.25. The molecule has 16 heavy (non-hydrogen) atoms. The quantitative estimate of drug-likeness (QED) is 0.664. The fraction of sp³-hybridized carbons (Fsp3) is 1.00. The second-order valence-electron chi connectivity index (χ2n) is 3.90. The number of ether oxygens (including phenoxy) is 1. The summed E-state index contributed by atoms with van der Waals surface area (Å²) < 4.78 is 53.2. The van der Waals surface area contributed by atoms with Crippen LogP contribution < -0.4 is 5.32 Å². The highest BCUT2D eigenvalue weighted by Crippen LogP contribution is 2.23. The van der Waals surface area contributed by atoms with E-state index in [0.29, 0.717) is 6.54 Å². The molecule has 1 N–H and O–H groups in total. The summed E-state index contributed by atoms with van der Waals surface area (Å²) in [5, 5.41) is 3.04. The molecule has 0 aliphatic rings. The molecule has 0 aliphatic heterocycles. The molecule has 2 unspecified atom stereocenters. The smallest absolute Gasteiger partial charge is 0.330 e. The molecule has 0 radical (unpaired) electrons. The molecular formula is C10H19F4NO. The van der Waals surface area contributed by atoms with Crippen LogP contribution in [0, 0.1) is 0 Å². The van der Waals surface area contributed by atoms with E-state index < -0.39 is 25.1 Å². The number of nitrogens with one attached hydrogen (secondary N) is 1. The average molecular weight is 245 g/mol. The lowest BCUT2D eigenvalue weighted by Gasteiger charge is -2.20. The van der Waals surface area contributed by atoms with Crippen LogP contribution in [0.5, 0.6) is 0 Å². The van der Waals surface area contributed by atoms with E-state index in [1.807, 2.05) is 13.8 Å². The Balaban J connectivity index is 3.77. The average Bonchev–Trinajstić information content (AvgIpc) is 2.22. The zero-order valence-electron chi connectivity index (χ0n) is 9.77. The summed E-state index contributed by atoms with van der Waals surface area (Å²) in [6, 6.07) is 0.252. The molecule has 2 atom stereocenters. The Morgan fingerprint density at radius 1 is 1.25 bits per heavy atom. The van der Waals surface area contributed by atoms with Gasteiger partial charge in [0.25, 0.3) is 0 Å². The highest BCUT2D eigenvalue weighted by molar-refractivity contribution is 4.69. The molecule has 0 saturated carbocycles. The van der Waals surface area contributed by atoms with Crippen LogP contribution in [-0.2, 0) is 4.74 Å². The van der Waals surface area contributed by atoms with E-state index in [2.05, 4.69) is 10.1 Å². The number of alkyl halides is 4. The third-order valence-electron chi connectivity index (χ3n) is 2.25. The van der Waals surface area contributed by atoms with Crippen molar-refractivity contribution in [3.05, 3.63) is 0 Å². The Hall–Kier alpha value is -0.360. The lowest BCUT2D eigenvalue weighted by atomic mass is 10.2. The van der Waals surface area contributed by atoms with Gasteiger partial charge in [-0.1, -0.05) is 6.92 Å². The first-order chi connectivity index (χ1) is 7.29. The Morgan fingerprint density at radius 2 is 1.81 bits per heavy atom. The molecule has 0 saturated heterocycles. The van der Waals surface area contributed by atoms with Crippen molar-refractivity contribution in [1.82, 2.24) is 5.32 Å². The van der Waals surface area contributed by atoms with Gasteiger partial charge in [-0.25, -0.2) is 8.78 Å². The molecule has 0 heterocycles. The maximum Gasteiger partial charge on any atom is 0.330 e. The molecule has 2 nitrogen and oxygen atoms in total. The fourth-order valence-corrected chi connectivity index (χ4v) is 0.887. The minimum absolute atomic E-state index is 0.252. The van der Waals surface area contributed by atoms with Crippen LogP contribution in [-0.4, -0.2) is 37.6 Å². The second kappa shape index (κ2) is 7.06. The van der Waals surface area contributed by atoms with E-state index in [1.165, 1.54) is 0 Å². The lowest BCUT2D eigenvalue weighted by Crippen LogP contribution is -2.38. The Bertz CT molecular complexity index is 190. The first kappa shape index (κ1) is 15.6. The zero-order chi connectivity index (χ0) is 12.8. The molecule has 0 spiro atoms. The Kier molecular flexibility index (Phi) is 6.90. The first-order valence-corrected chi connectivity index (χ1v) is 5.30. The van der Waals surface area contributed by atoms with Gasteiger partial charge in [0, 0.05) is 12.6 Å². The van der Waals surface area contributed by atoms with Crippen LogP contribution in [0.3, 0.4) is 0 Å². The molecule has 0 aromatic rings. The van der Waals surface area contributed by atoms with Gasteiger partial charge in [0.15, 0.2) is 0 Å². The molecule has 0 fully saturated rings. The van der Waals surface area contributed by atoms with Crippen LogP contribution in [0.4, 0.5) is 17.6 Å². The molecule has 6 heteroatoms. The Morgan fingerprint density at radius 3 is 2.25 bits per heavy atom. The van der Waals surface area contributed by atoms with E-state index in [9.17, 15) is 17.6 Å². The van der Waals surface area contributed by atoms with Gasteiger partial charge in [-0.2, -0.15) is 8.78 Å². The minimum Gasteiger partial charge on any atom is -0.371 e. The Labute approximate surface area is 93.3 Å². The summed E-state index contributed by atoms with van der Waals surface area (Å²) in [5.41, 5.74) is 0. The zero-order valence-corrected chi connectivity index (χ0v) is 9.77. The normalized spacial score (nSPS) is 16.5. The minimum atomic E-state index is -4.06. The van der Waals surface area contributed by atoms with Crippen molar-refractivity contribution in [3.63, 3.8) is 0 Å². The third kappa shape index (κ3) is 6.27. The first-order valence-electron chi connectivity index (χ1n) is 5.30. The van der Waals surface area contributed by atoms with Gasteiger partial charge in [-0.15, -0.1) is 0 Å². The van der Waals surface area contributed by atoms with Crippen LogP contribution in [0.2, 0.25) is 0 Å². The van der Waals surface area contributed by atoms with Gasteiger partial charge in [0.1, 0.15) is 6.61 Å². The van der Waals surface area contributed by atoms with E-state index in [1.54, 1.807) is 6.92 Å². The number of hydrogen-bond donors (Lipinski definition) is 1. The van der Waals surface area contributed by atoms with E-state index >= 15 is 0 Å². The van der Waals surface area contributed by atoms with Crippen LogP contribution in [0.25, 0.3) is 0 Å². The number of hydrogen-bond acceptors (Lipinski definition) is 2. The van der Waals surface area contributed by atoms with Gasteiger partial charge < -0.3 is 10.1 Å². The van der Waals surface area contributed by atoms with Crippen LogP contribution >= 0.6 is 0 Å². The number of halogens is 4. The number of rotatable bonds is 8. The summed E-state index contributed by atoms with van der Waals surface area (Å²) in [7, 11) is 0. The van der Waals surface area contributed by atoms with E-state index in [-0.39, 0.29) is 6.04 Å². The predicted octanol–water partition coefficient (Wildman–Crippen LogP) is 2.68. The molecule has 0 aromatic heterocycles. The highest BCUT2D eigenvalue weighted by atomic mass is 19.3. The molecule has 0 aliphatic carbocycles. The molecule has 0 rings (SSSR count). The molecule has 98 valence electrons. The maximum absolute atomic E-state index is 12.5. The SMILES string of the molecule is CCC(C)NCC(C)OCC(F)(F)C(F)F. The van der Waals surface area contributed by atoms with Gasteiger partial charge in [-0.3, -0.25) is 0 Å². The summed E-state index contributed by atoms with van der Waals surface area (Å²) in [5.74, 6) is -4.06. The standard InChI is InChI=1S/C10H19F4NO/c1-4-7(2)15-5-8(3)16-6-10(13,14)9(11)12/h7-9,15H,4-6H2,1-3H3. The maximum atomic E-state index is 12.5.